The van der Waals surface area contributed by atoms with Crippen molar-refractivity contribution < 1.29 is 5.11 Å². The van der Waals surface area contributed by atoms with Gasteiger partial charge in [-0.3, -0.25) is 4.90 Å². The van der Waals surface area contributed by atoms with Gasteiger partial charge in [0.15, 0.2) is 0 Å². The van der Waals surface area contributed by atoms with Crippen molar-refractivity contribution in [2.24, 2.45) is 0 Å². The average molecular weight is 217 g/mol. The predicted molar refractivity (Wildman–Crippen MR) is 61.6 cm³/mol. The van der Waals surface area contributed by atoms with Gasteiger partial charge in [0.1, 0.15) is 0 Å². The van der Waals surface area contributed by atoms with Crippen LogP contribution in [0.3, 0.4) is 0 Å². The minimum absolute atomic E-state index is 0.0545. The molecule has 1 fully saturated rings. The average Bonchev–Trinajstić information content (AvgIpc) is 2.34. The maximum absolute atomic E-state index is 9.94. The van der Waals surface area contributed by atoms with E-state index in [1.165, 1.54) is 0 Å². The molecule has 1 heterocycles. The predicted octanol–water partition coefficient (Wildman–Crippen LogP) is 1.18. The summed E-state index contributed by atoms with van der Waals surface area (Å²) in [5, 5.41) is 9.94. The van der Waals surface area contributed by atoms with E-state index in [1.807, 2.05) is 0 Å². The molecule has 2 atom stereocenters. The zero-order valence-electron chi connectivity index (χ0n) is 9.08. The van der Waals surface area contributed by atoms with Crippen molar-refractivity contribution in [3.63, 3.8) is 0 Å². The molecule has 0 aromatic carbocycles. The molecule has 0 amide bonds. The highest BCUT2D eigenvalue weighted by molar-refractivity contribution is 5.39. The summed E-state index contributed by atoms with van der Waals surface area (Å²) in [6, 6.07) is 4.26. The van der Waals surface area contributed by atoms with Gasteiger partial charge in [-0.05, 0) is 18.9 Å². The normalized spacial score (nSPS) is 24.8. The van der Waals surface area contributed by atoms with Crippen LogP contribution >= 0.6 is 0 Å². The van der Waals surface area contributed by atoms with Crippen molar-refractivity contribution in [1.82, 2.24) is 9.97 Å². The fourth-order valence-corrected chi connectivity index (χ4v) is 2.11. The Kier molecular flexibility index (Phi) is 3.37. The number of aliphatic hydroxyl groups is 1. The quantitative estimate of drug-likeness (QED) is 0.597. The fourth-order valence-electron chi connectivity index (χ4n) is 2.11. The van der Waals surface area contributed by atoms with Crippen molar-refractivity contribution in [3.05, 3.63) is 18.5 Å². The second kappa shape index (κ2) is 4.95. The number of hydrogen-bond acceptors (Lipinski definition) is 4. The molecule has 1 aromatic rings. The van der Waals surface area contributed by atoms with E-state index in [1.54, 1.807) is 23.4 Å². The molecule has 0 aliphatic heterocycles. The zero-order valence-corrected chi connectivity index (χ0v) is 9.08. The minimum Gasteiger partial charge on any atom is -0.391 e. The van der Waals surface area contributed by atoms with Crippen LogP contribution in [0.2, 0.25) is 0 Å². The molecule has 0 saturated heterocycles. The van der Waals surface area contributed by atoms with Crippen LogP contribution in [0.25, 0.3) is 0 Å². The maximum atomic E-state index is 9.94. The van der Waals surface area contributed by atoms with E-state index in [9.17, 15) is 5.11 Å². The summed E-state index contributed by atoms with van der Waals surface area (Å²) in [5.41, 5.74) is 0. The molecular weight excluding hydrogens is 202 g/mol. The van der Waals surface area contributed by atoms with Gasteiger partial charge in [0.25, 0.3) is 0 Å². The van der Waals surface area contributed by atoms with E-state index in [0.717, 1.165) is 25.7 Å². The molecule has 2 rings (SSSR count). The number of nitrogens with zero attached hydrogens (tertiary/aromatic N) is 3. The molecular formula is C12H15N3O. The summed E-state index contributed by atoms with van der Waals surface area (Å²) in [5.74, 6) is 0.496. The Morgan fingerprint density at radius 1 is 1.31 bits per heavy atom. The fraction of sp³-hybridized carbons (Fsp3) is 0.500. The summed E-state index contributed by atoms with van der Waals surface area (Å²) in [7, 11) is 0. The van der Waals surface area contributed by atoms with Gasteiger partial charge >= 0.3 is 0 Å². The van der Waals surface area contributed by atoms with Gasteiger partial charge in [-0.1, -0.05) is 19.3 Å². The monoisotopic (exact) mass is 217 g/mol. The molecule has 1 saturated carbocycles. The van der Waals surface area contributed by atoms with Crippen molar-refractivity contribution in [2.45, 2.75) is 37.8 Å². The lowest BCUT2D eigenvalue weighted by Gasteiger charge is -2.33. The molecule has 16 heavy (non-hydrogen) atoms. The first kappa shape index (κ1) is 10.9. The lowest BCUT2D eigenvalue weighted by atomic mass is 9.92. The lowest BCUT2D eigenvalue weighted by molar-refractivity contribution is 0.108. The molecule has 0 bridgehead atoms. The Hall–Kier alpha value is -1.60. The highest BCUT2D eigenvalue weighted by Gasteiger charge is 2.29. The summed E-state index contributed by atoms with van der Waals surface area (Å²) >= 11 is 0. The summed E-state index contributed by atoms with van der Waals surface area (Å²) in [4.78, 5) is 9.88. The highest BCUT2D eigenvalue weighted by atomic mass is 16.3. The number of terminal acetylenes is 1. The molecule has 2 unspecified atom stereocenters. The molecule has 1 aromatic heterocycles. The van der Waals surface area contributed by atoms with Crippen LogP contribution < -0.4 is 4.90 Å². The van der Waals surface area contributed by atoms with Crippen LogP contribution in [0.15, 0.2) is 18.5 Å². The van der Waals surface area contributed by atoms with E-state index in [0.29, 0.717) is 5.95 Å². The third kappa shape index (κ3) is 2.15. The van der Waals surface area contributed by atoms with Crippen LogP contribution in [-0.2, 0) is 0 Å². The van der Waals surface area contributed by atoms with Gasteiger partial charge in [0.2, 0.25) is 5.95 Å². The number of aromatic nitrogens is 2. The third-order valence-electron chi connectivity index (χ3n) is 2.93. The van der Waals surface area contributed by atoms with E-state index in [-0.39, 0.29) is 12.1 Å². The summed E-state index contributed by atoms with van der Waals surface area (Å²) < 4.78 is 0. The first-order valence-corrected chi connectivity index (χ1v) is 5.53. The minimum atomic E-state index is -0.381. The lowest BCUT2D eigenvalue weighted by Crippen LogP contribution is -2.43. The van der Waals surface area contributed by atoms with Gasteiger partial charge in [-0.15, -0.1) is 0 Å². The molecule has 4 nitrogen and oxygen atoms in total. The standard InChI is InChI=1S/C12H15N3O/c1-2-15(12-13-8-5-9-14-12)10-6-3-4-7-11(10)16/h1,5,8-11,16H,3-4,6-7H2. The highest BCUT2D eigenvalue weighted by Crippen LogP contribution is 2.24. The Bertz CT molecular complexity index is 374. The summed E-state index contributed by atoms with van der Waals surface area (Å²) in [6.07, 6.45) is 12.3. The van der Waals surface area contributed by atoms with E-state index in [2.05, 4.69) is 16.0 Å². The van der Waals surface area contributed by atoms with E-state index >= 15 is 0 Å². The van der Waals surface area contributed by atoms with E-state index in [4.69, 9.17) is 6.42 Å². The molecule has 1 aliphatic rings. The van der Waals surface area contributed by atoms with Gasteiger partial charge in [0, 0.05) is 18.4 Å². The molecule has 4 heteroatoms. The van der Waals surface area contributed by atoms with Gasteiger partial charge in [-0.25, -0.2) is 9.97 Å². The molecule has 0 radical (unpaired) electrons. The van der Waals surface area contributed by atoms with Crippen molar-refractivity contribution in [3.8, 4) is 12.5 Å². The Morgan fingerprint density at radius 2 is 2.00 bits per heavy atom. The number of hydrogen-bond donors (Lipinski definition) is 1. The van der Waals surface area contributed by atoms with Crippen LogP contribution in [0, 0.1) is 12.5 Å². The van der Waals surface area contributed by atoms with Crippen molar-refractivity contribution in [1.29, 1.82) is 0 Å². The molecule has 84 valence electrons. The van der Waals surface area contributed by atoms with Gasteiger partial charge in [-0.2, -0.15) is 0 Å². The first-order valence-electron chi connectivity index (χ1n) is 5.53. The summed E-state index contributed by atoms with van der Waals surface area (Å²) in [6.45, 7) is 0. The van der Waals surface area contributed by atoms with E-state index < -0.39 is 0 Å². The SMILES string of the molecule is C#CN(c1ncccn1)C1CCCCC1O. The maximum Gasteiger partial charge on any atom is 0.237 e. The van der Waals surface area contributed by atoms with Crippen LogP contribution in [0.1, 0.15) is 25.7 Å². The Morgan fingerprint density at radius 3 is 2.62 bits per heavy atom. The third-order valence-corrected chi connectivity index (χ3v) is 2.93. The second-order valence-electron chi connectivity index (χ2n) is 3.97. The van der Waals surface area contributed by atoms with Crippen molar-refractivity contribution in [2.75, 3.05) is 4.90 Å². The van der Waals surface area contributed by atoms with Gasteiger partial charge in [0.05, 0.1) is 12.1 Å². The number of aliphatic hydroxyl groups excluding tert-OH is 1. The zero-order chi connectivity index (χ0) is 11.4. The van der Waals surface area contributed by atoms with Crippen molar-refractivity contribution >= 4 is 5.95 Å². The molecule has 1 aliphatic carbocycles. The number of rotatable bonds is 2. The van der Waals surface area contributed by atoms with Crippen LogP contribution in [0.5, 0.6) is 0 Å². The second-order valence-corrected chi connectivity index (χ2v) is 3.97. The topological polar surface area (TPSA) is 49.2 Å². The van der Waals surface area contributed by atoms with Crippen LogP contribution in [-0.4, -0.2) is 27.2 Å². The Labute approximate surface area is 95.3 Å². The Balaban J connectivity index is 2.20. The smallest absolute Gasteiger partial charge is 0.237 e. The van der Waals surface area contributed by atoms with Crippen LogP contribution in [0.4, 0.5) is 5.95 Å². The number of anilines is 1. The van der Waals surface area contributed by atoms with Gasteiger partial charge < -0.3 is 5.11 Å². The first-order chi connectivity index (χ1) is 7.83. The largest absolute Gasteiger partial charge is 0.391 e. The molecule has 0 spiro atoms. The molecule has 1 N–H and O–H groups in total.